The van der Waals surface area contributed by atoms with E-state index in [0.29, 0.717) is 6.42 Å². The number of methoxy groups -OCH3 is 3. The molecule has 7 nitrogen and oxygen atoms in total. The Morgan fingerprint density at radius 2 is 2.07 bits per heavy atom. The molecule has 2 N–H and O–H groups in total. The van der Waals surface area contributed by atoms with Gasteiger partial charge in [0.2, 0.25) is 0 Å². The molecule has 1 saturated heterocycles. The summed E-state index contributed by atoms with van der Waals surface area (Å²) in [4.78, 5) is 18.9. The number of aromatic amines is 1. The summed E-state index contributed by atoms with van der Waals surface area (Å²) in [5.41, 5.74) is 3.73. The predicted octanol–water partition coefficient (Wildman–Crippen LogP) is 2.28. The summed E-state index contributed by atoms with van der Waals surface area (Å²) in [5, 5.41) is 11.9. The molecule has 0 bridgehead atoms. The van der Waals surface area contributed by atoms with E-state index in [-0.39, 0.29) is 23.8 Å². The molecule has 3 aliphatic rings. The van der Waals surface area contributed by atoms with Crippen molar-refractivity contribution in [3.63, 3.8) is 0 Å². The minimum atomic E-state index is -0.641. The molecule has 1 aromatic heterocycles. The molecule has 2 fully saturated rings. The first kappa shape index (κ1) is 19.8. The molecule has 2 aliphatic heterocycles. The van der Waals surface area contributed by atoms with Crippen LogP contribution in [0.15, 0.2) is 18.2 Å². The maximum absolute atomic E-state index is 12.7. The van der Waals surface area contributed by atoms with Crippen molar-refractivity contribution in [2.45, 2.75) is 37.5 Å². The van der Waals surface area contributed by atoms with Gasteiger partial charge in [0.15, 0.2) is 0 Å². The van der Waals surface area contributed by atoms with E-state index in [0.717, 1.165) is 37.2 Å². The van der Waals surface area contributed by atoms with Crippen molar-refractivity contribution in [3.05, 3.63) is 29.5 Å². The largest absolute Gasteiger partial charge is 0.497 e. The predicted molar refractivity (Wildman–Crippen MR) is 111 cm³/mol. The molecule has 0 unspecified atom stereocenters. The second kappa shape index (κ2) is 7.55. The number of carbonyl (C=O) groups is 1. The number of carbonyl (C=O) groups excluding carboxylic acids is 1. The summed E-state index contributed by atoms with van der Waals surface area (Å²) < 4.78 is 16.1. The average molecular weight is 415 g/mol. The molecule has 2 aromatic rings. The lowest BCUT2D eigenvalue weighted by Crippen LogP contribution is -2.57. The summed E-state index contributed by atoms with van der Waals surface area (Å²) in [5.74, 6) is 0.514. The Labute approximate surface area is 176 Å². The molecule has 1 aromatic carbocycles. The summed E-state index contributed by atoms with van der Waals surface area (Å²) in [6.07, 6.45) is 1.36. The van der Waals surface area contributed by atoms with Crippen molar-refractivity contribution in [2.75, 3.05) is 34.4 Å². The van der Waals surface area contributed by atoms with E-state index in [1.165, 1.54) is 23.8 Å². The zero-order valence-electron chi connectivity index (χ0n) is 17.8. The van der Waals surface area contributed by atoms with Gasteiger partial charge in [0.25, 0.3) is 0 Å². The number of H-pyrrole nitrogens is 1. The molecule has 6 atom stereocenters. The van der Waals surface area contributed by atoms with Crippen molar-refractivity contribution in [1.29, 1.82) is 0 Å². The van der Waals surface area contributed by atoms with Crippen LogP contribution in [-0.2, 0) is 20.7 Å². The molecule has 162 valence electrons. The van der Waals surface area contributed by atoms with Crippen molar-refractivity contribution in [2.24, 2.45) is 17.8 Å². The topological polar surface area (TPSA) is 84.0 Å². The third-order valence-corrected chi connectivity index (χ3v) is 7.62. The number of rotatable bonds is 3. The Bertz CT molecular complexity index is 956. The van der Waals surface area contributed by atoms with Crippen LogP contribution in [0.1, 0.15) is 30.1 Å². The number of nitrogens with zero attached hydrogens (tertiary/aromatic N) is 1. The van der Waals surface area contributed by atoms with Crippen LogP contribution in [0.25, 0.3) is 10.9 Å². The van der Waals surface area contributed by atoms with Gasteiger partial charge in [-0.3, -0.25) is 9.69 Å². The van der Waals surface area contributed by atoms with Gasteiger partial charge in [0, 0.05) is 42.9 Å². The minimum Gasteiger partial charge on any atom is -0.497 e. The number of hydrogen-bond donors (Lipinski definition) is 2. The van der Waals surface area contributed by atoms with E-state index in [9.17, 15) is 9.90 Å². The number of ether oxygens (including phenoxy) is 3. The summed E-state index contributed by atoms with van der Waals surface area (Å²) in [6.45, 7) is 1.88. The van der Waals surface area contributed by atoms with Gasteiger partial charge in [-0.2, -0.15) is 0 Å². The second-order valence-electron chi connectivity index (χ2n) is 8.90. The van der Waals surface area contributed by atoms with Gasteiger partial charge in [0.1, 0.15) is 5.75 Å². The van der Waals surface area contributed by atoms with E-state index in [1.54, 1.807) is 14.2 Å². The smallest absolute Gasteiger partial charge is 0.311 e. The highest BCUT2D eigenvalue weighted by Gasteiger charge is 2.53. The SMILES string of the molecule is COC(=O)[C@H]1[C@@H]2C[C@H]3c4[nH]c5cc(OC)ccc5c4CCN3C[C@H]2C[C@@H](O)[C@@H]1OC. The van der Waals surface area contributed by atoms with Gasteiger partial charge in [-0.15, -0.1) is 0 Å². The van der Waals surface area contributed by atoms with Crippen LogP contribution >= 0.6 is 0 Å². The lowest BCUT2D eigenvalue weighted by atomic mass is 9.64. The second-order valence-corrected chi connectivity index (χ2v) is 8.90. The van der Waals surface area contributed by atoms with Crippen LogP contribution in [0.2, 0.25) is 0 Å². The number of esters is 1. The molecule has 5 rings (SSSR count). The molecule has 3 heterocycles. The Balaban J connectivity index is 1.52. The van der Waals surface area contributed by atoms with Gasteiger partial charge in [-0.1, -0.05) is 0 Å². The Morgan fingerprint density at radius 3 is 2.80 bits per heavy atom. The van der Waals surface area contributed by atoms with Gasteiger partial charge >= 0.3 is 5.97 Å². The fourth-order valence-electron chi connectivity index (χ4n) is 6.27. The number of aliphatic hydroxyl groups is 1. The van der Waals surface area contributed by atoms with E-state index in [1.807, 2.05) is 6.07 Å². The quantitative estimate of drug-likeness (QED) is 0.750. The van der Waals surface area contributed by atoms with E-state index in [2.05, 4.69) is 22.0 Å². The van der Waals surface area contributed by atoms with Crippen molar-refractivity contribution in [3.8, 4) is 5.75 Å². The average Bonchev–Trinajstić information content (AvgIpc) is 3.14. The number of aliphatic hydroxyl groups excluding tert-OH is 1. The van der Waals surface area contributed by atoms with Crippen LogP contribution in [-0.4, -0.2) is 67.6 Å². The molecule has 0 spiro atoms. The highest BCUT2D eigenvalue weighted by molar-refractivity contribution is 5.86. The Kier molecular flexibility index (Phi) is 5.00. The molecule has 0 radical (unpaired) electrons. The maximum atomic E-state index is 12.7. The Morgan fingerprint density at radius 1 is 1.23 bits per heavy atom. The minimum absolute atomic E-state index is 0.124. The molecule has 1 saturated carbocycles. The standard InChI is InChI=1S/C23H30N2O5/c1-28-13-4-5-14-15-6-7-25-11-12-8-19(26)22(29-2)20(23(27)30-3)16(12)10-18(25)21(15)24-17(14)9-13/h4-5,9,12,16,18-20,22,24,26H,6-8,10-11H2,1-3H3/t12-,16-,18+,19-,20+,22+/m1/s1. The monoisotopic (exact) mass is 414 g/mol. The number of fused-ring (bicyclic) bond motifs is 6. The van der Waals surface area contributed by atoms with Gasteiger partial charge in [0.05, 0.1) is 38.4 Å². The van der Waals surface area contributed by atoms with E-state index >= 15 is 0 Å². The zero-order chi connectivity index (χ0) is 21.0. The van der Waals surface area contributed by atoms with Crippen LogP contribution in [0.4, 0.5) is 0 Å². The van der Waals surface area contributed by atoms with Crippen molar-refractivity contribution >= 4 is 16.9 Å². The van der Waals surface area contributed by atoms with Gasteiger partial charge in [-0.25, -0.2) is 0 Å². The zero-order valence-corrected chi connectivity index (χ0v) is 17.8. The molecule has 30 heavy (non-hydrogen) atoms. The Hall–Kier alpha value is -2.09. The lowest BCUT2D eigenvalue weighted by Gasteiger charge is -2.52. The van der Waals surface area contributed by atoms with Crippen LogP contribution in [0.3, 0.4) is 0 Å². The lowest BCUT2D eigenvalue weighted by molar-refractivity contribution is -0.175. The molecular formula is C23H30N2O5. The first-order valence-electron chi connectivity index (χ1n) is 10.8. The van der Waals surface area contributed by atoms with E-state index < -0.39 is 18.1 Å². The number of piperidine rings is 1. The number of nitrogens with one attached hydrogen (secondary N) is 1. The molecule has 1 aliphatic carbocycles. The summed E-state index contributed by atoms with van der Waals surface area (Å²) in [7, 11) is 4.68. The van der Waals surface area contributed by atoms with Crippen LogP contribution < -0.4 is 4.74 Å². The molecular weight excluding hydrogens is 384 g/mol. The van der Waals surface area contributed by atoms with Crippen molar-refractivity contribution < 1.29 is 24.1 Å². The molecule has 0 amide bonds. The normalized spacial score (nSPS) is 33.5. The van der Waals surface area contributed by atoms with Gasteiger partial charge < -0.3 is 24.3 Å². The first-order chi connectivity index (χ1) is 14.5. The van der Waals surface area contributed by atoms with Gasteiger partial charge in [-0.05, 0) is 48.8 Å². The summed E-state index contributed by atoms with van der Waals surface area (Å²) >= 11 is 0. The number of hydrogen-bond acceptors (Lipinski definition) is 6. The van der Waals surface area contributed by atoms with E-state index in [4.69, 9.17) is 14.2 Å². The number of benzene rings is 1. The fraction of sp³-hybridized carbons (Fsp3) is 0.609. The maximum Gasteiger partial charge on any atom is 0.311 e. The highest BCUT2D eigenvalue weighted by atomic mass is 16.5. The fourth-order valence-corrected chi connectivity index (χ4v) is 6.27. The highest BCUT2D eigenvalue weighted by Crippen LogP contribution is 2.50. The van der Waals surface area contributed by atoms with Crippen molar-refractivity contribution in [1.82, 2.24) is 9.88 Å². The summed E-state index contributed by atoms with van der Waals surface area (Å²) in [6, 6.07) is 6.44. The first-order valence-corrected chi connectivity index (χ1v) is 10.8. The third-order valence-electron chi connectivity index (χ3n) is 7.62. The molecule has 7 heteroatoms. The van der Waals surface area contributed by atoms with Crippen LogP contribution in [0.5, 0.6) is 5.75 Å². The number of aromatic nitrogens is 1. The third kappa shape index (κ3) is 2.94. The van der Waals surface area contributed by atoms with Crippen LogP contribution in [0, 0.1) is 17.8 Å².